The molecule has 3 atom stereocenters. The molecule has 0 radical (unpaired) electrons. The van der Waals surface area contributed by atoms with Gasteiger partial charge in [0, 0.05) is 13.5 Å². The molecule has 1 rings (SSSR count). The second-order valence-electron chi connectivity index (χ2n) is 8.97. The lowest BCUT2D eigenvalue weighted by Crippen LogP contribution is -2.53. The third-order valence-electron chi connectivity index (χ3n) is 5.37. The van der Waals surface area contributed by atoms with Crippen LogP contribution < -0.4 is 31.7 Å². The Labute approximate surface area is 222 Å². The van der Waals surface area contributed by atoms with Crippen LogP contribution in [0, 0.1) is 5.92 Å². The van der Waals surface area contributed by atoms with Crippen molar-refractivity contribution in [3.63, 3.8) is 0 Å². The molecule has 1 aromatic carbocycles. The standard InChI is InChI=1S/C25H39N5O8/c1-6-27-21(14(2)3)23(33)30-19(8-7-11-28-25(26)36)22(32)29-18-10-9-17(13-37-16(5)31)12-20(18)38-15(4)24(34)35/h9-10,12,14-15,19,21,27H,6-8,11,13H2,1-5H3,(H,29,32)(H,30,33)(H,34,35)(H3,26,28,36)/t15-,19+,21+/m0/s1. The first-order chi connectivity index (χ1) is 17.8. The number of primary amides is 1. The van der Waals surface area contributed by atoms with Gasteiger partial charge in [-0.2, -0.15) is 0 Å². The Morgan fingerprint density at radius 1 is 1.08 bits per heavy atom. The number of carbonyl (C=O) groups is 5. The maximum atomic E-state index is 13.3. The summed E-state index contributed by atoms with van der Waals surface area (Å²) in [7, 11) is 0. The monoisotopic (exact) mass is 537 g/mol. The fraction of sp³-hybridized carbons (Fsp3) is 0.560. The predicted molar refractivity (Wildman–Crippen MR) is 139 cm³/mol. The van der Waals surface area contributed by atoms with E-state index in [9.17, 15) is 29.1 Å². The van der Waals surface area contributed by atoms with Crippen molar-refractivity contribution in [2.75, 3.05) is 18.4 Å². The molecule has 0 heterocycles. The van der Waals surface area contributed by atoms with Gasteiger partial charge in [0.25, 0.3) is 0 Å². The Morgan fingerprint density at radius 2 is 1.76 bits per heavy atom. The van der Waals surface area contributed by atoms with Crippen LogP contribution in [0.1, 0.15) is 53.0 Å². The third kappa shape index (κ3) is 11.5. The molecular weight excluding hydrogens is 498 g/mol. The molecule has 0 saturated heterocycles. The van der Waals surface area contributed by atoms with Gasteiger partial charge in [0.05, 0.1) is 11.7 Å². The number of amides is 4. The van der Waals surface area contributed by atoms with Crippen molar-refractivity contribution >= 4 is 35.5 Å². The van der Waals surface area contributed by atoms with Crippen LogP contribution in [0.15, 0.2) is 18.2 Å². The SMILES string of the molecule is CCN[C@@H](C(=O)N[C@H](CCCNC(N)=O)C(=O)Nc1ccc(COC(C)=O)cc1O[C@@H](C)C(=O)O)C(C)C. The highest BCUT2D eigenvalue weighted by Crippen LogP contribution is 2.28. The largest absolute Gasteiger partial charge is 0.479 e. The topological polar surface area (TPSA) is 198 Å². The van der Waals surface area contributed by atoms with Crippen LogP contribution in [0.25, 0.3) is 0 Å². The van der Waals surface area contributed by atoms with E-state index in [4.69, 9.17) is 15.2 Å². The van der Waals surface area contributed by atoms with E-state index >= 15 is 0 Å². The number of hydrogen-bond donors (Lipinski definition) is 6. The van der Waals surface area contributed by atoms with Gasteiger partial charge in [0.2, 0.25) is 11.8 Å². The zero-order chi connectivity index (χ0) is 28.8. The van der Waals surface area contributed by atoms with E-state index < -0.39 is 42.1 Å². The number of aliphatic carboxylic acids is 1. The summed E-state index contributed by atoms with van der Waals surface area (Å²) in [4.78, 5) is 59.8. The van der Waals surface area contributed by atoms with Crippen molar-refractivity contribution in [1.29, 1.82) is 0 Å². The summed E-state index contributed by atoms with van der Waals surface area (Å²) in [5, 5.41) is 20.3. The minimum atomic E-state index is -1.24. The van der Waals surface area contributed by atoms with E-state index in [1.165, 1.54) is 26.0 Å². The Hall–Kier alpha value is -3.87. The maximum Gasteiger partial charge on any atom is 0.344 e. The van der Waals surface area contributed by atoms with Crippen molar-refractivity contribution in [2.24, 2.45) is 11.7 Å². The van der Waals surface area contributed by atoms with Crippen molar-refractivity contribution in [3.05, 3.63) is 23.8 Å². The van der Waals surface area contributed by atoms with Crippen LogP contribution >= 0.6 is 0 Å². The zero-order valence-electron chi connectivity index (χ0n) is 22.5. The van der Waals surface area contributed by atoms with E-state index in [2.05, 4.69) is 21.3 Å². The molecule has 0 aliphatic carbocycles. The van der Waals surface area contributed by atoms with Gasteiger partial charge in [-0.05, 0) is 49.9 Å². The molecule has 1 aromatic rings. The lowest BCUT2D eigenvalue weighted by molar-refractivity contribution is -0.144. The molecule has 212 valence electrons. The summed E-state index contributed by atoms with van der Waals surface area (Å²) in [5.41, 5.74) is 5.77. The highest BCUT2D eigenvalue weighted by atomic mass is 16.5. The molecule has 0 bridgehead atoms. The van der Waals surface area contributed by atoms with Crippen LogP contribution in [-0.4, -0.2) is 66.2 Å². The number of hydrogen-bond acceptors (Lipinski definition) is 8. The van der Waals surface area contributed by atoms with Crippen LogP contribution in [0.4, 0.5) is 10.5 Å². The Balaban J connectivity index is 3.19. The summed E-state index contributed by atoms with van der Waals surface area (Å²) in [6, 6.07) is 2.32. The minimum Gasteiger partial charge on any atom is -0.479 e. The van der Waals surface area contributed by atoms with Crippen LogP contribution in [0.5, 0.6) is 5.75 Å². The van der Waals surface area contributed by atoms with E-state index in [1.807, 2.05) is 20.8 Å². The minimum absolute atomic E-state index is 0.0440. The van der Waals surface area contributed by atoms with Crippen LogP contribution in [0.3, 0.4) is 0 Å². The van der Waals surface area contributed by atoms with E-state index in [0.717, 1.165) is 0 Å². The highest BCUT2D eigenvalue weighted by molar-refractivity contribution is 5.99. The molecular formula is C25H39N5O8. The quantitative estimate of drug-likeness (QED) is 0.132. The molecule has 38 heavy (non-hydrogen) atoms. The van der Waals surface area contributed by atoms with Crippen LogP contribution in [0.2, 0.25) is 0 Å². The van der Waals surface area contributed by atoms with Crippen molar-refractivity contribution in [1.82, 2.24) is 16.0 Å². The van der Waals surface area contributed by atoms with Gasteiger partial charge in [-0.15, -0.1) is 0 Å². The Morgan fingerprint density at radius 3 is 2.32 bits per heavy atom. The molecule has 0 saturated carbocycles. The fourth-order valence-corrected chi connectivity index (χ4v) is 3.40. The number of carboxylic acid groups (broad SMARTS) is 1. The number of nitrogens with two attached hydrogens (primary N) is 1. The average molecular weight is 538 g/mol. The first kappa shape index (κ1) is 32.2. The number of urea groups is 1. The van der Waals surface area contributed by atoms with Crippen molar-refractivity contribution in [3.8, 4) is 5.75 Å². The van der Waals surface area contributed by atoms with Gasteiger partial charge in [-0.3, -0.25) is 14.4 Å². The molecule has 13 nitrogen and oxygen atoms in total. The third-order valence-corrected chi connectivity index (χ3v) is 5.37. The lowest BCUT2D eigenvalue weighted by Gasteiger charge is -2.25. The van der Waals surface area contributed by atoms with Crippen molar-refractivity contribution in [2.45, 2.75) is 72.3 Å². The lowest BCUT2D eigenvalue weighted by atomic mass is 10.0. The first-order valence-corrected chi connectivity index (χ1v) is 12.4. The second kappa shape index (κ2) is 16.1. The van der Waals surface area contributed by atoms with Gasteiger partial charge < -0.3 is 41.6 Å². The average Bonchev–Trinajstić information content (AvgIpc) is 2.83. The summed E-state index contributed by atoms with van der Waals surface area (Å²) < 4.78 is 10.5. The van der Waals surface area contributed by atoms with Gasteiger partial charge >= 0.3 is 18.0 Å². The zero-order valence-corrected chi connectivity index (χ0v) is 22.5. The highest BCUT2D eigenvalue weighted by Gasteiger charge is 2.28. The van der Waals surface area contributed by atoms with E-state index in [0.29, 0.717) is 18.5 Å². The number of benzene rings is 1. The smallest absolute Gasteiger partial charge is 0.344 e. The Kier molecular flexibility index (Phi) is 13.6. The van der Waals surface area contributed by atoms with Gasteiger partial charge in [-0.25, -0.2) is 9.59 Å². The van der Waals surface area contributed by atoms with E-state index in [-0.39, 0.29) is 42.8 Å². The van der Waals surface area contributed by atoms with Gasteiger partial charge in [0.15, 0.2) is 6.10 Å². The molecule has 0 aliphatic heterocycles. The number of anilines is 1. The van der Waals surface area contributed by atoms with Gasteiger partial charge in [-0.1, -0.05) is 26.8 Å². The molecule has 0 unspecified atom stereocenters. The summed E-state index contributed by atoms with van der Waals surface area (Å²) in [6.07, 6.45) is -0.715. The van der Waals surface area contributed by atoms with Crippen LogP contribution in [-0.2, 0) is 30.5 Å². The van der Waals surface area contributed by atoms with Gasteiger partial charge in [0.1, 0.15) is 18.4 Å². The first-order valence-electron chi connectivity index (χ1n) is 12.4. The molecule has 0 aromatic heterocycles. The molecule has 13 heteroatoms. The Bertz CT molecular complexity index is 985. The maximum absolute atomic E-state index is 13.3. The second-order valence-corrected chi connectivity index (χ2v) is 8.97. The molecule has 7 N–H and O–H groups in total. The number of carbonyl (C=O) groups excluding carboxylic acids is 4. The normalized spacial score (nSPS) is 13.1. The number of nitrogens with one attached hydrogen (secondary N) is 4. The molecule has 4 amide bonds. The molecule has 0 fully saturated rings. The summed E-state index contributed by atoms with van der Waals surface area (Å²) in [5.74, 6) is -2.65. The van der Waals surface area contributed by atoms with Crippen molar-refractivity contribution < 1.29 is 38.6 Å². The summed E-state index contributed by atoms with van der Waals surface area (Å²) >= 11 is 0. The molecule has 0 aliphatic rings. The van der Waals surface area contributed by atoms with E-state index in [1.54, 1.807) is 6.07 Å². The number of carboxylic acids is 1. The fourth-order valence-electron chi connectivity index (χ4n) is 3.40. The number of esters is 1. The predicted octanol–water partition coefficient (Wildman–Crippen LogP) is 1.11. The summed E-state index contributed by atoms with van der Waals surface area (Å²) in [6.45, 7) is 8.89. The number of rotatable bonds is 16. The number of likely N-dealkylation sites (N-methyl/N-ethyl adjacent to an activating group) is 1. The number of ether oxygens (including phenoxy) is 2. The molecule has 0 spiro atoms.